The fourth-order valence-corrected chi connectivity index (χ4v) is 2.31. The first-order valence-corrected chi connectivity index (χ1v) is 6.10. The van der Waals surface area contributed by atoms with Gasteiger partial charge in [0.2, 0.25) is 5.76 Å². The quantitative estimate of drug-likeness (QED) is 0.760. The average Bonchev–Trinajstić information content (AvgIpc) is 3.06. The highest BCUT2D eigenvalue weighted by molar-refractivity contribution is 5.87. The average molecular weight is 267 g/mol. The fourth-order valence-electron chi connectivity index (χ4n) is 2.31. The van der Waals surface area contributed by atoms with Gasteiger partial charge < -0.3 is 13.9 Å². The number of furan rings is 1. The molecule has 1 aliphatic rings. The zero-order valence-electron chi connectivity index (χ0n) is 11.0. The fraction of sp³-hybridized carbons (Fsp3) is 0.538. The Kier molecular flexibility index (Phi) is 4.21. The number of nitrogens with zero attached hydrogens (tertiary/aromatic N) is 1. The summed E-state index contributed by atoms with van der Waals surface area (Å²) < 4.78 is 14.5. The van der Waals surface area contributed by atoms with Crippen LogP contribution >= 0.6 is 0 Å². The minimum atomic E-state index is -0.483. The van der Waals surface area contributed by atoms with Gasteiger partial charge in [0.15, 0.2) is 0 Å². The summed E-state index contributed by atoms with van der Waals surface area (Å²) in [6.07, 6.45) is 2.24. The van der Waals surface area contributed by atoms with Crippen molar-refractivity contribution in [1.29, 1.82) is 0 Å². The van der Waals surface area contributed by atoms with E-state index in [0.29, 0.717) is 13.1 Å². The smallest absolute Gasteiger partial charge is 0.374 e. The van der Waals surface area contributed by atoms with Crippen molar-refractivity contribution in [1.82, 2.24) is 4.90 Å². The Balaban J connectivity index is 1.98. The molecule has 0 radical (unpaired) electrons. The molecular formula is C13H17NO5. The first-order valence-electron chi connectivity index (χ1n) is 6.10. The van der Waals surface area contributed by atoms with Crippen LogP contribution in [0.25, 0.3) is 0 Å². The molecule has 0 saturated carbocycles. The van der Waals surface area contributed by atoms with Crippen LogP contribution in [0.1, 0.15) is 22.5 Å². The van der Waals surface area contributed by atoms with Crippen LogP contribution in [-0.4, -0.2) is 44.1 Å². The molecule has 0 amide bonds. The van der Waals surface area contributed by atoms with Crippen molar-refractivity contribution in [3.8, 4) is 0 Å². The predicted molar refractivity (Wildman–Crippen MR) is 65.4 cm³/mol. The molecule has 104 valence electrons. The van der Waals surface area contributed by atoms with Gasteiger partial charge in [-0.1, -0.05) is 0 Å². The Morgan fingerprint density at radius 2 is 2.21 bits per heavy atom. The lowest BCUT2D eigenvalue weighted by atomic mass is 10.1. The highest BCUT2D eigenvalue weighted by Gasteiger charge is 2.30. The van der Waals surface area contributed by atoms with E-state index in [9.17, 15) is 9.59 Å². The van der Waals surface area contributed by atoms with Crippen LogP contribution in [0.4, 0.5) is 0 Å². The summed E-state index contributed by atoms with van der Waals surface area (Å²) in [6.45, 7) is 2.00. The third-order valence-electron chi connectivity index (χ3n) is 3.32. The zero-order valence-corrected chi connectivity index (χ0v) is 11.0. The second-order valence-corrected chi connectivity index (χ2v) is 4.51. The topological polar surface area (TPSA) is 69.0 Å². The van der Waals surface area contributed by atoms with Gasteiger partial charge in [-0.3, -0.25) is 9.69 Å². The highest BCUT2D eigenvalue weighted by Crippen LogP contribution is 2.22. The van der Waals surface area contributed by atoms with Gasteiger partial charge in [-0.2, -0.15) is 0 Å². The van der Waals surface area contributed by atoms with Crippen molar-refractivity contribution >= 4 is 11.9 Å². The molecule has 1 unspecified atom stereocenters. The molecule has 2 rings (SSSR count). The highest BCUT2D eigenvalue weighted by atomic mass is 16.5. The molecule has 1 aliphatic heterocycles. The standard InChI is InChI=1S/C13H17NO5/c1-17-12(15)10-3-5-14(8-10)7-9-4-6-19-11(9)13(16)18-2/h4,6,10H,3,5,7-8H2,1-2H3. The van der Waals surface area contributed by atoms with Gasteiger partial charge in [0.1, 0.15) is 0 Å². The first kappa shape index (κ1) is 13.6. The summed E-state index contributed by atoms with van der Waals surface area (Å²) in [4.78, 5) is 25.0. The number of hydrogen-bond donors (Lipinski definition) is 0. The van der Waals surface area contributed by atoms with Crippen LogP contribution in [0, 0.1) is 5.92 Å². The third-order valence-corrected chi connectivity index (χ3v) is 3.32. The molecular weight excluding hydrogens is 250 g/mol. The Morgan fingerprint density at radius 3 is 2.89 bits per heavy atom. The van der Waals surface area contributed by atoms with Crippen LogP contribution in [0.2, 0.25) is 0 Å². The number of likely N-dealkylation sites (tertiary alicyclic amines) is 1. The number of carbonyl (C=O) groups excluding carboxylic acids is 2. The van der Waals surface area contributed by atoms with E-state index < -0.39 is 5.97 Å². The Morgan fingerprint density at radius 1 is 1.42 bits per heavy atom. The Labute approximate surface area is 111 Å². The Bertz CT molecular complexity index is 467. The van der Waals surface area contributed by atoms with Crippen LogP contribution in [-0.2, 0) is 20.8 Å². The molecule has 0 spiro atoms. The summed E-state index contributed by atoms with van der Waals surface area (Å²) in [7, 11) is 2.72. The number of esters is 2. The number of ether oxygens (including phenoxy) is 2. The third kappa shape index (κ3) is 2.96. The molecule has 2 heterocycles. The summed E-state index contributed by atoms with van der Waals surface area (Å²) in [6, 6.07) is 1.75. The van der Waals surface area contributed by atoms with Gasteiger partial charge >= 0.3 is 11.9 Å². The maximum absolute atomic E-state index is 11.5. The molecule has 1 saturated heterocycles. The summed E-state index contributed by atoms with van der Waals surface area (Å²) in [5, 5.41) is 0. The molecule has 6 nitrogen and oxygen atoms in total. The minimum Gasteiger partial charge on any atom is -0.469 e. The molecule has 19 heavy (non-hydrogen) atoms. The molecule has 0 aliphatic carbocycles. The number of carbonyl (C=O) groups is 2. The van der Waals surface area contributed by atoms with Crippen molar-refractivity contribution in [2.24, 2.45) is 5.92 Å². The second-order valence-electron chi connectivity index (χ2n) is 4.51. The predicted octanol–water partition coefficient (Wildman–Crippen LogP) is 1.06. The van der Waals surface area contributed by atoms with Gasteiger partial charge in [-0.25, -0.2) is 4.79 Å². The van der Waals surface area contributed by atoms with E-state index in [1.54, 1.807) is 6.07 Å². The van der Waals surface area contributed by atoms with E-state index >= 15 is 0 Å². The van der Waals surface area contributed by atoms with Crippen molar-refractivity contribution in [2.75, 3.05) is 27.3 Å². The summed E-state index contributed by atoms with van der Waals surface area (Å²) >= 11 is 0. The zero-order chi connectivity index (χ0) is 13.8. The van der Waals surface area contributed by atoms with Gasteiger partial charge in [0.25, 0.3) is 0 Å². The van der Waals surface area contributed by atoms with Gasteiger partial charge in [0.05, 0.1) is 26.4 Å². The van der Waals surface area contributed by atoms with Crippen molar-refractivity contribution in [3.63, 3.8) is 0 Å². The summed E-state index contributed by atoms with van der Waals surface area (Å²) in [5.74, 6) is -0.519. The van der Waals surface area contributed by atoms with Crippen molar-refractivity contribution in [3.05, 3.63) is 23.7 Å². The van der Waals surface area contributed by atoms with E-state index in [4.69, 9.17) is 9.15 Å². The molecule has 6 heteroatoms. The Hall–Kier alpha value is -1.82. The molecule has 1 aromatic rings. The van der Waals surface area contributed by atoms with Gasteiger partial charge in [-0.15, -0.1) is 0 Å². The van der Waals surface area contributed by atoms with E-state index in [2.05, 4.69) is 9.64 Å². The maximum atomic E-state index is 11.5. The second kappa shape index (κ2) is 5.88. The van der Waals surface area contributed by atoms with Crippen molar-refractivity contribution < 1.29 is 23.5 Å². The lowest BCUT2D eigenvalue weighted by molar-refractivity contribution is -0.144. The molecule has 0 aromatic carbocycles. The first-order chi connectivity index (χ1) is 9.15. The van der Waals surface area contributed by atoms with E-state index in [-0.39, 0.29) is 17.6 Å². The van der Waals surface area contributed by atoms with E-state index in [1.807, 2.05) is 0 Å². The number of rotatable bonds is 4. The van der Waals surface area contributed by atoms with Crippen LogP contribution in [0.15, 0.2) is 16.7 Å². The number of hydrogen-bond acceptors (Lipinski definition) is 6. The molecule has 1 fully saturated rings. The normalized spacial score (nSPS) is 19.4. The van der Waals surface area contributed by atoms with Crippen LogP contribution < -0.4 is 0 Å². The molecule has 0 bridgehead atoms. The van der Waals surface area contributed by atoms with E-state index in [1.165, 1.54) is 20.5 Å². The SMILES string of the molecule is COC(=O)c1occc1CN1CCC(C(=O)OC)C1. The molecule has 1 atom stereocenters. The minimum absolute atomic E-state index is 0.0847. The monoisotopic (exact) mass is 267 g/mol. The van der Waals surface area contributed by atoms with Crippen molar-refractivity contribution in [2.45, 2.75) is 13.0 Å². The van der Waals surface area contributed by atoms with Gasteiger partial charge in [-0.05, 0) is 19.0 Å². The lowest BCUT2D eigenvalue weighted by Crippen LogP contribution is -2.24. The number of methoxy groups -OCH3 is 2. The largest absolute Gasteiger partial charge is 0.469 e. The van der Waals surface area contributed by atoms with E-state index in [0.717, 1.165) is 18.5 Å². The molecule has 1 aromatic heterocycles. The maximum Gasteiger partial charge on any atom is 0.374 e. The van der Waals surface area contributed by atoms with Crippen LogP contribution in [0.5, 0.6) is 0 Å². The summed E-state index contributed by atoms with van der Waals surface area (Å²) in [5.41, 5.74) is 0.775. The molecule has 0 N–H and O–H groups in total. The lowest BCUT2D eigenvalue weighted by Gasteiger charge is -2.14. The van der Waals surface area contributed by atoms with Crippen LogP contribution in [0.3, 0.4) is 0 Å². The van der Waals surface area contributed by atoms with Gasteiger partial charge in [0, 0.05) is 18.7 Å².